The van der Waals surface area contributed by atoms with Crippen molar-refractivity contribution in [1.82, 2.24) is 14.9 Å². The number of benzene rings is 1. The van der Waals surface area contributed by atoms with E-state index in [1.54, 1.807) is 12.1 Å². The van der Waals surface area contributed by atoms with Crippen LogP contribution >= 0.6 is 11.3 Å². The molecule has 2 N–H and O–H groups in total. The largest absolute Gasteiger partial charge is 0.389 e. The van der Waals surface area contributed by atoms with Crippen molar-refractivity contribution in [2.75, 3.05) is 64.2 Å². The van der Waals surface area contributed by atoms with Crippen molar-refractivity contribution >= 4 is 54.1 Å². The summed E-state index contributed by atoms with van der Waals surface area (Å²) in [6.07, 6.45) is 0.851. The van der Waals surface area contributed by atoms with Gasteiger partial charge in [-0.05, 0) is 44.8 Å². The predicted molar refractivity (Wildman–Crippen MR) is 153 cm³/mol. The highest BCUT2D eigenvalue weighted by molar-refractivity contribution is 7.92. The van der Waals surface area contributed by atoms with Gasteiger partial charge in [0.2, 0.25) is 0 Å². The second-order valence-corrected chi connectivity index (χ2v) is 13.0. The quantitative estimate of drug-likeness (QED) is 0.253. The van der Waals surface area contributed by atoms with Gasteiger partial charge in [-0.2, -0.15) is 0 Å². The molecule has 2 aromatic heterocycles. The molecule has 40 heavy (non-hydrogen) atoms. The Morgan fingerprint density at radius 1 is 1.10 bits per heavy atom. The van der Waals surface area contributed by atoms with Crippen LogP contribution in [-0.4, -0.2) is 99.9 Å². The Kier molecular flexibility index (Phi) is 8.90. The molecule has 2 atom stereocenters. The molecule has 0 bridgehead atoms. The first kappa shape index (κ1) is 28.4. The van der Waals surface area contributed by atoms with Crippen LogP contribution in [0, 0.1) is 0 Å². The summed E-state index contributed by atoms with van der Waals surface area (Å²) >= 11 is 1.24. The zero-order valence-electron chi connectivity index (χ0n) is 22.3. The number of sulfone groups is 1. The van der Waals surface area contributed by atoms with Crippen LogP contribution in [0.25, 0.3) is 10.3 Å². The molecular formula is C26H32N6O6S2. The fourth-order valence-electron chi connectivity index (χ4n) is 4.23. The van der Waals surface area contributed by atoms with Crippen molar-refractivity contribution in [1.29, 1.82) is 0 Å². The Balaban J connectivity index is 1.34. The molecule has 3 aromatic rings. The number of thiazole rings is 1. The fraction of sp³-hybridized carbons (Fsp3) is 0.462. The molecule has 0 aliphatic carbocycles. The summed E-state index contributed by atoms with van der Waals surface area (Å²) in [5.41, 5.74) is 1.06. The summed E-state index contributed by atoms with van der Waals surface area (Å²) in [5.74, 6) is 0.187. The van der Waals surface area contributed by atoms with Crippen LogP contribution in [0.4, 0.5) is 10.9 Å². The maximum atomic E-state index is 13.4. The molecule has 2 aliphatic heterocycles. The number of likely N-dealkylation sites (N-methyl/N-ethyl adjacent to an activating group) is 1. The van der Waals surface area contributed by atoms with E-state index >= 15 is 0 Å². The number of ether oxygens (including phenoxy) is 2. The topological polar surface area (TPSA) is 144 Å². The maximum Gasteiger partial charge on any atom is 0.280 e. The molecular weight excluding hydrogens is 556 g/mol. The van der Waals surface area contributed by atoms with Crippen molar-refractivity contribution in [2.24, 2.45) is 5.16 Å². The second-order valence-electron chi connectivity index (χ2n) is 9.81. The maximum absolute atomic E-state index is 13.4. The minimum Gasteiger partial charge on any atom is -0.389 e. The number of amides is 1. The van der Waals surface area contributed by atoms with Crippen molar-refractivity contribution < 1.29 is 27.5 Å². The molecule has 12 nitrogen and oxygen atoms in total. The van der Waals surface area contributed by atoms with E-state index in [9.17, 15) is 13.2 Å². The minimum absolute atomic E-state index is 0.00157. The number of hydrogen-bond donors (Lipinski definition) is 2. The summed E-state index contributed by atoms with van der Waals surface area (Å²) in [7, 11) is 0.465. The highest BCUT2D eigenvalue weighted by Gasteiger charge is 2.31. The lowest BCUT2D eigenvalue weighted by atomic mass is 10.1. The highest BCUT2D eigenvalue weighted by Crippen LogP contribution is 2.27. The SMILES string of the molecule is CN(C)CCNc1ccc2nc(NC(=O)C(=NO[C@@H]3CCOC3)c3ccc(S(=O)(=O)[C@H]4CCOC4)cc3)sc2n1. The first-order valence-electron chi connectivity index (χ1n) is 13.0. The highest BCUT2D eigenvalue weighted by atomic mass is 32.2. The smallest absolute Gasteiger partial charge is 0.280 e. The Bertz CT molecular complexity index is 1460. The van der Waals surface area contributed by atoms with E-state index in [1.165, 1.54) is 23.5 Å². The van der Waals surface area contributed by atoms with Gasteiger partial charge in [-0.1, -0.05) is 28.6 Å². The standard InChI is InChI=1S/C26H32N6O6S2/c1-32(2)12-11-27-22-8-7-21-25(29-22)39-26(28-21)30-24(33)23(31-38-18-9-13-36-15-18)17-3-5-19(6-4-17)40(34,35)20-10-14-37-16-20/h3-8,18,20H,9-16H2,1-2H3,(H,27,29)(H,28,30,33)/t18-,20+/m1/s1. The van der Waals surface area contributed by atoms with E-state index in [0.29, 0.717) is 53.7 Å². The molecule has 1 amide bonds. The third kappa shape index (κ3) is 6.75. The van der Waals surface area contributed by atoms with Crippen LogP contribution in [0.15, 0.2) is 46.4 Å². The third-order valence-electron chi connectivity index (χ3n) is 6.52. The van der Waals surface area contributed by atoms with Crippen molar-refractivity contribution in [3.63, 3.8) is 0 Å². The average Bonchev–Trinajstić information content (AvgIpc) is 3.71. The predicted octanol–water partition coefficient (Wildman–Crippen LogP) is 2.38. The first-order chi connectivity index (χ1) is 19.3. The summed E-state index contributed by atoms with van der Waals surface area (Å²) < 4.78 is 36.5. The van der Waals surface area contributed by atoms with Crippen LogP contribution in [0.3, 0.4) is 0 Å². The van der Waals surface area contributed by atoms with Crippen LogP contribution in [-0.2, 0) is 28.9 Å². The molecule has 0 unspecified atom stereocenters. The number of nitrogens with one attached hydrogen (secondary N) is 2. The molecule has 1 aromatic carbocycles. The van der Waals surface area contributed by atoms with Crippen LogP contribution in [0.5, 0.6) is 0 Å². The van der Waals surface area contributed by atoms with Gasteiger partial charge in [0.05, 0.1) is 30.0 Å². The molecule has 14 heteroatoms. The van der Waals surface area contributed by atoms with Gasteiger partial charge in [0.1, 0.15) is 16.2 Å². The van der Waals surface area contributed by atoms with Crippen molar-refractivity contribution in [2.45, 2.75) is 29.1 Å². The monoisotopic (exact) mass is 588 g/mol. The van der Waals surface area contributed by atoms with Crippen molar-refractivity contribution in [3.8, 4) is 0 Å². The van der Waals surface area contributed by atoms with Gasteiger partial charge >= 0.3 is 0 Å². The van der Waals surface area contributed by atoms with E-state index in [4.69, 9.17) is 14.3 Å². The minimum atomic E-state index is -3.54. The van der Waals surface area contributed by atoms with Gasteiger partial charge in [0.15, 0.2) is 26.8 Å². The lowest BCUT2D eigenvalue weighted by molar-refractivity contribution is -0.110. The molecule has 0 saturated carbocycles. The van der Waals surface area contributed by atoms with Gasteiger partial charge in [-0.15, -0.1) is 0 Å². The summed E-state index contributed by atoms with van der Waals surface area (Å²) in [6.45, 7) is 3.16. The number of carbonyl (C=O) groups excluding carboxylic acids is 1. The number of hydrogen-bond acceptors (Lipinski definition) is 12. The van der Waals surface area contributed by atoms with Gasteiger partial charge in [0, 0.05) is 31.7 Å². The third-order valence-corrected chi connectivity index (χ3v) is 9.58. The van der Waals surface area contributed by atoms with E-state index in [2.05, 4.69) is 30.7 Å². The van der Waals surface area contributed by atoms with Gasteiger partial charge in [-0.25, -0.2) is 18.4 Å². The fourth-order valence-corrected chi connectivity index (χ4v) is 6.65. The number of carbonyl (C=O) groups is 1. The first-order valence-corrected chi connectivity index (χ1v) is 15.4. The van der Waals surface area contributed by atoms with E-state index in [-0.39, 0.29) is 23.3 Å². The summed E-state index contributed by atoms with van der Waals surface area (Å²) in [4.78, 5) is 31.0. The van der Waals surface area contributed by atoms with Gasteiger partial charge < -0.3 is 24.5 Å². The Hall–Kier alpha value is -3.17. The molecule has 4 heterocycles. The Morgan fingerprint density at radius 3 is 2.58 bits per heavy atom. The molecule has 2 aliphatic rings. The molecule has 0 spiro atoms. The normalized spacial score (nSPS) is 19.8. The van der Waals surface area contributed by atoms with Gasteiger partial charge in [-0.3, -0.25) is 10.1 Å². The summed E-state index contributed by atoms with van der Waals surface area (Å²) in [5, 5.41) is 10.0. The second kappa shape index (κ2) is 12.6. The Labute approximate surface area is 236 Å². The number of anilines is 2. The molecule has 2 saturated heterocycles. The summed E-state index contributed by atoms with van der Waals surface area (Å²) in [6, 6.07) is 9.77. The average molecular weight is 589 g/mol. The lowest BCUT2D eigenvalue weighted by Gasteiger charge is -2.12. The number of aromatic nitrogens is 2. The van der Waals surface area contributed by atoms with Crippen LogP contribution in [0.2, 0.25) is 0 Å². The van der Waals surface area contributed by atoms with Gasteiger partial charge in [0.25, 0.3) is 5.91 Å². The zero-order valence-corrected chi connectivity index (χ0v) is 24.0. The number of pyridine rings is 1. The molecule has 5 rings (SSSR count). The number of rotatable bonds is 11. The van der Waals surface area contributed by atoms with E-state index < -0.39 is 21.0 Å². The van der Waals surface area contributed by atoms with Crippen LogP contribution in [0.1, 0.15) is 18.4 Å². The molecule has 0 radical (unpaired) electrons. The number of nitrogens with zero attached hydrogens (tertiary/aromatic N) is 4. The lowest BCUT2D eigenvalue weighted by Crippen LogP contribution is -2.25. The molecule has 2 fully saturated rings. The van der Waals surface area contributed by atoms with E-state index in [0.717, 1.165) is 18.9 Å². The number of oxime groups is 1. The zero-order chi connectivity index (χ0) is 28.1. The number of fused-ring (bicyclic) bond motifs is 1. The Morgan fingerprint density at radius 2 is 1.88 bits per heavy atom. The van der Waals surface area contributed by atoms with Crippen molar-refractivity contribution in [3.05, 3.63) is 42.0 Å². The molecule has 214 valence electrons. The van der Waals surface area contributed by atoms with E-state index in [1.807, 2.05) is 26.2 Å². The van der Waals surface area contributed by atoms with Crippen LogP contribution < -0.4 is 10.6 Å².